The van der Waals surface area contributed by atoms with Crippen molar-refractivity contribution in [3.8, 4) is 0 Å². The van der Waals surface area contributed by atoms with Gasteiger partial charge in [-0.25, -0.2) is 4.39 Å². The molecule has 25 heavy (non-hydrogen) atoms. The predicted molar refractivity (Wildman–Crippen MR) is 98.3 cm³/mol. The van der Waals surface area contributed by atoms with E-state index in [0.717, 1.165) is 25.9 Å². The first-order valence-electron chi connectivity index (χ1n) is 8.99. The fourth-order valence-electron chi connectivity index (χ4n) is 3.78. The first kappa shape index (κ1) is 20.1. The number of hydrogen-bond acceptors (Lipinski definition) is 3. The Balaban J connectivity index is 0.00000225. The summed E-state index contributed by atoms with van der Waals surface area (Å²) in [6.07, 6.45) is 2.51. The SMILES string of the molecule is CC(CC(=O)N1CCOC(c2ccccc2F)C1)C1CCNCC1.Cl. The number of benzene rings is 1. The summed E-state index contributed by atoms with van der Waals surface area (Å²) in [5.41, 5.74) is 0.543. The summed E-state index contributed by atoms with van der Waals surface area (Å²) >= 11 is 0. The number of ether oxygens (including phenoxy) is 1. The maximum Gasteiger partial charge on any atom is 0.223 e. The van der Waals surface area contributed by atoms with Crippen molar-refractivity contribution in [2.24, 2.45) is 11.8 Å². The van der Waals surface area contributed by atoms with Crippen molar-refractivity contribution in [3.05, 3.63) is 35.6 Å². The molecular weight excluding hydrogens is 343 g/mol. The van der Waals surface area contributed by atoms with Crippen LogP contribution in [0.3, 0.4) is 0 Å². The molecule has 4 nitrogen and oxygen atoms in total. The first-order chi connectivity index (χ1) is 11.6. The number of nitrogens with zero attached hydrogens (tertiary/aromatic N) is 1. The van der Waals surface area contributed by atoms with Crippen LogP contribution in [0.15, 0.2) is 24.3 Å². The zero-order valence-corrected chi connectivity index (χ0v) is 15.6. The number of rotatable bonds is 4. The van der Waals surface area contributed by atoms with Crippen LogP contribution >= 0.6 is 12.4 Å². The van der Waals surface area contributed by atoms with Crippen LogP contribution in [0.5, 0.6) is 0 Å². The number of hydrogen-bond donors (Lipinski definition) is 1. The molecule has 2 aliphatic rings. The minimum atomic E-state index is -0.363. The van der Waals surface area contributed by atoms with Gasteiger partial charge in [0.05, 0.1) is 13.2 Å². The Bertz CT molecular complexity index is 566. The Labute approximate surface area is 155 Å². The maximum absolute atomic E-state index is 14.0. The van der Waals surface area contributed by atoms with Gasteiger partial charge >= 0.3 is 0 Å². The molecule has 6 heteroatoms. The van der Waals surface area contributed by atoms with Crippen LogP contribution < -0.4 is 5.32 Å². The smallest absolute Gasteiger partial charge is 0.223 e. The number of carbonyl (C=O) groups excluding carboxylic acids is 1. The lowest BCUT2D eigenvalue weighted by molar-refractivity contribution is -0.140. The molecule has 2 unspecified atom stereocenters. The highest BCUT2D eigenvalue weighted by Crippen LogP contribution is 2.28. The molecule has 0 bridgehead atoms. The second-order valence-electron chi connectivity index (χ2n) is 6.99. The van der Waals surface area contributed by atoms with Crippen LogP contribution in [0.25, 0.3) is 0 Å². The van der Waals surface area contributed by atoms with E-state index >= 15 is 0 Å². The van der Waals surface area contributed by atoms with Crippen LogP contribution in [0, 0.1) is 17.7 Å². The largest absolute Gasteiger partial charge is 0.370 e. The molecule has 2 heterocycles. The quantitative estimate of drug-likeness (QED) is 0.885. The standard InChI is InChI=1S/C19H27FN2O2.ClH/c1-14(15-6-8-21-9-7-15)12-19(23)22-10-11-24-18(13-22)16-4-2-3-5-17(16)20;/h2-5,14-15,18,21H,6-13H2,1H3;1H. The number of nitrogens with one attached hydrogen (secondary N) is 1. The molecule has 1 N–H and O–H groups in total. The topological polar surface area (TPSA) is 41.6 Å². The third-order valence-electron chi connectivity index (χ3n) is 5.36. The predicted octanol–water partition coefficient (Wildman–Crippen LogP) is 3.17. The first-order valence-corrected chi connectivity index (χ1v) is 8.99. The zero-order valence-electron chi connectivity index (χ0n) is 14.7. The molecule has 1 aromatic carbocycles. The number of morpholine rings is 1. The summed E-state index contributed by atoms with van der Waals surface area (Å²) in [5.74, 6) is 0.929. The molecule has 1 amide bonds. The molecule has 2 fully saturated rings. The van der Waals surface area contributed by atoms with E-state index < -0.39 is 0 Å². The van der Waals surface area contributed by atoms with Gasteiger partial charge in [-0.05, 0) is 43.8 Å². The highest BCUT2D eigenvalue weighted by atomic mass is 35.5. The van der Waals surface area contributed by atoms with Crippen LogP contribution in [-0.4, -0.2) is 43.6 Å². The average molecular weight is 371 g/mol. The highest BCUT2D eigenvalue weighted by Gasteiger charge is 2.29. The van der Waals surface area contributed by atoms with Crippen molar-refractivity contribution in [2.45, 2.75) is 32.3 Å². The number of carbonyl (C=O) groups is 1. The van der Waals surface area contributed by atoms with E-state index in [2.05, 4.69) is 12.2 Å². The van der Waals surface area contributed by atoms with E-state index in [-0.39, 0.29) is 30.2 Å². The van der Waals surface area contributed by atoms with Crippen LogP contribution in [0.4, 0.5) is 4.39 Å². The molecule has 1 aromatic rings. The molecule has 0 aliphatic carbocycles. The van der Waals surface area contributed by atoms with E-state index in [9.17, 15) is 9.18 Å². The van der Waals surface area contributed by atoms with Crippen molar-refractivity contribution in [1.29, 1.82) is 0 Å². The number of piperidine rings is 1. The second kappa shape index (κ2) is 9.51. The fraction of sp³-hybridized carbons (Fsp3) is 0.632. The summed E-state index contributed by atoms with van der Waals surface area (Å²) in [7, 11) is 0. The maximum atomic E-state index is 14.0. The second-order valence-corrected chi connectivity index (χ2v) is 6.99. The van der Waals surface area contributed by atoms with E-state index in [1.807, 2.05) is 11.0 Å². The zero-order chi connectivity index (χ0) is 16.9. The van der Waals surface area contributed by atoms with Crippen molar-refractivity contribution in [2.75, 3.05) is 32.8 Å². The summed E-state index contributed by atoms with van der Waals surface area (Å²) in [5, 5.41) is 3.37. The van der Waals surface area contributed by atoms with Crippen LogP contribution in [0.1, 0.15) is 37.9 Å². The molecule has 0 aromatic heterocycles. The fourth-order valence-corrected chi connectivity index (χ4v) is 3.78. The van der Waals surface area contributed by atoms with E-state index in [4.69, 9.17) is 4.74 Å². The van der Waals surface area contributed by atoms with E-state index in [1.54, 1.807) is 12.1 Å². The van der Waals surface area contributed by atoms with Crippen molar-refractivity contribution in [3.63, 3.8) is 0 Å². The molecule has 0 saturated carbocycles. The lowest BCUT2D eigenvalue weighted by Gasteiger charge is -2.35. The minimum absolute atomic E-state index is 0. The Morgan fingerprint density at radius 2 is 2.08 bits per heavy atom. The Hall–Kier alpha value is -1.17. The lowest BCUT2D eigenvalue weighted by Crippen LogP contribution is -2.43. The number of amides is 1. The number of halogens is 2. The van der Waals surface area contributed by atoms with Gasteiger partial charge in [0, 0.05) is 18.5 Å². The van der Waals surface area contributed by atoms with Gasteiger partial charge in [-0.1, -0.05) is 25.1 Å². The van der Waals surface area contributed by atoms with Crippen molar-refractivity contribution >= 4 is 18.3 Å². The van der Waals surface area contributed by atoms with E-state index in [0.29, 0.717) is 43.5 Å². The van der Waals surface area contributed by atoms with E-state index in [1.165, 1.54) is 6.07 Å². The molecule has 2 aliphatic heterocycles. The molecule has 2 saturated heterocycles. The molecule has 0 spiro atoms. The third-order valence-corrected chi connectivity index (χ3v) is 5.36. The van der Waals surface area contributed by atoms with Gasteiger partial charge in [-0.15, -0.1) is 12.4 Å². The molecule has 2 atom stereocenters. The van der Waals surface area contributed by atoms with Gasteiger partial charge in [0.15, 0.2) is 0 Å². The van der Waals surface area contributed by atoms with Crippen LogP contribution in [0.2, 0.25) is 0 Å². The lowest BCUT2D eigenvalue weighted by atomic mass is 9.84. The summed E-state index contributed by atoms with van der Waals surface area (Å²) in [4.78, 5) is 14.5. The Morgan fingerprint density at radius 3 is 2.80 bits per heavy atom. The molecule has 140 valence electrons. The normalized spacial score (nSPS) is 23.0. The Morgan fingerprint density at radius 1 is 1.36 bits per heavy atom. The van der Waals surface area contributed by atoms with Gasteiger partial charge in [0.25, 0.3) is 0 Å². The monoisotopic (exact) mass is 370 g/mol. The summed E-state index contributed by atoms with van der Waals surface area (Å²) in [6.45, 7) is 5.79. The van der Waals surface area contributed by atoms with Gasteiger partial charge in [0.1, 0.15) is 11.9 Å². The van der Waals surface area contributed by atoms with Crippen molar-refractivity contribution < 1.29 is 13.9 Å². The molecule has 0 radical (unpaired) electrons. The molecular formula is C19H28ClFN2O2. The minimum Gasteiger partial charge on any atom is -0.370 e. The van der Waals surface area contributed by atoms with Gasteiger partial charge in [0.2, 0.25) is 5.91 Å². The average Bonchev–Trinajstić information content (AvgIpc) is 2.63. The van der Waals surface area contributed by atoms with Crippen LogP contribution in [-0.2, 0) is 9.53 Å². The van der Waals surface area contributed by atoms with Gasteiger partial charge in [-0.3, -0.25) is 4.79 Å². The summed E-state index contributed by atoms with van der Waals surface area (Å²) < 4.78 is 19.7. The van der Waals surface area contributed by atoms with Gasteiger partial charge in [-0.2, -0.15) is 0 Å². The molecule has 3 rings (SSSR count). The van der Waals surface area contributed by atoms with Gasteiger partial charge < -0.3 is 15.0 Å². The third kappa shape index (κ3) is 5.16. The van der Waals surface area contributed by atoms with Crippen molar-refractivity contribution in [1.82, 2.24) is 10.2 Å². The summed E-state index contributed by atoms with van der Waals surface area (Å²) in [6, 6.07) is 6.66. The highest BCUT2D eigenvalue weighted by molar-refractivity contribution is 5.85. The Kier molecular flexibility index (Phi) is 7.66.